The van der Waals surface area contributed by atoms with Crippen molar-refractivity contribution in [2.24, 2.45) is 0 Å². The molecule has 0 spiro atoms. The Morgan fingerprint density at radius 2 is 0.974 bits per heavy atom. The van der Waals surface area contributed by atoms with Crippen molar-refractivity contribution in [2.75, 3.05) is 46.5 Å². The fourth-order valence-electron chi connectivity index (χ4n) is 6.48. The number of alkyl halides is 1. The Bertz CT molecular complexity index is 2930. The van der Waals surface area contributed by atoms with Gasteiger partial charge in [-0.2, -0.15) is 0 Å². The Labute approximate surface area is 468 Å². The van der Waals surface area contributed by atoms with Crippen molar-refractivity contribution in [1.82, 2.24) is 0 Å². The van der Waals surface area contributed by atoms with Crippen LogP contribution in [0.3, 0.4) is 0 Å². The van der Waals surface area contributed by atoms with Gasteiger partial charge in [0.25, 0.3) is 0 Å². The lowest BCUT2D eigenvalue weighted by Crippen LogP contribution is -2.09. The van der Waals surface area contributed by atoms with Crippen molar-refractivity contribution in [3.63, 3.8) is 0 Å². The number of ether oxygens (including phenoxy) is 8. The lowest BCUT2D eigenvalue weighted by Gasteiger charge is -2.08. The molecular weight excluding hydrogens is 1090 g/mol. The topological polar surface area (TPSA) is 142 Å². The summed E-state index contributed by atoms with van der Waals surface area (Å²) in [5.74, 6) is 7.87. The molecule has 0 bridgehead atoms. The fraction of sp³-hybridized carbons (Fsp3) is 0.258. The number of methoxy groups -OCH3 is 2. The first kappa shape index (κ1) is 62.4. The van der Waals surface area contributed by atoms with E-state index in [1.54, 1.807) is 87.0 Å². The van der Waals surface area contributed by atoms with E-state index in [0.29, 0.717) is 53.5 Å². The summed E-state index contributed by atoms with van der Waals surface area (Å²) >= 11 is 8.61. The van der Waals surface area contributed by atoms with E-state index in [-0.39, 0.29) is 35.3 Å². The van der Waals surface area contributed by atoms with E-state index in [9.17, 15) is 28.0 Å². The molecule has 0 N–H and O–H groups in total. The Balaban J connectivity index is 0.000000290. The zero-order valence-electron chi connectivity index (χ0n) is 43.4. The maximum atomic E-state index is 14.5. The van der Waals surface area contributed by atoms with Crippen molar-refractivity contribution < 1.29 is 65.9 Å². The first-order valence-electron chi connectivity index (χ1n) is 24.8. The van der Waals surface area contributed by atoms with Gasteiger partial charge in [0.1, 0.15) is 23.0 Å². The number of terminal acetylenes is 1. The summed E-state index contributed by atoms with van der Waals surface area (Å²) in [5.41, 5.74) is 2.66. The Kier molecular flexibility index (Phi) is 28.8. The average Bonchev–Trinajstić information content (AvgIpc) is 3.46. The number of carbonyl (C=O) groups is 4. The SMILES string of the molecule is C#Cc1ccc(OC)cc1.C=CC(=O)OCCCCCCOc1ccc(C(=O)Oc2ccc(C#Cc3ccc(OC)cc3)cc2F)cc1.O=C(CCCl)OCCCCCCOc1ccc(C(=O)Oc2ccc(Br)cc2F)cc1. The monoisotopic (exact) mass is 1150 g/mol. The summed E-state index contributed by atoms with van der Waals surface area (Å²) in [4.78, 5) is 46.7. The highest BCUT2D eigenvalue weighted by Gasteiger charge is 2.14. The van der Waals surface area contributed by atoms with E-state index in [1.807, 2.05) is 36.4 Å². The van der Waals surface area contributed by atoms with Crippen molar-refractivity contribution in [3.05, 3.63) is 190 Å². The van der Waals surface area contributed by atoms with Gasteiger partial charge in [-0.3, -0.25) is 4.79 Å². The van der Waals surface area contributed by atoms with Crippen molar-refractivity contribution in [2.45, 2.75) is 57.8 Å². The molecule has 6 aromatic rings. The molecule has 0 aliphatic rings. The molecule has 16 heteroatoms. The van der Waals surface area contributed by atoms with E-state index in [1.165, 1.54) is 24.3 Å². The number of hydrogen-bond donors (Lipinski definition) is 0. The summed E-state index contributed by atoms with van der Waals surface area (Å²) in [6.07, 6.45) is 13.6. The van der Waals surface area contributed by atoms with Gasteiger partial charge in [-0.05, 0) is 185 Å². The third-order valence-electron chi connectivity index (χ3n) is 10.7. The number of carbonyl (C=O) groups excluding carboxylic acids is 4. The highest BCUT2D eigenvalue weighted by Crippen LogP contribution is 2.24. The molecule has 0 unspecified atom stereocenters. The normalized spacial score (nSPS) is 10.0. The quantitative estimate of drug-likeness (QED) is 0.0134. The summed E-state index contributed by atoms with van der Waals surface area (Å²) in [6, 6.07) is 35.9. The molecule has 0 atom stereocenters. The van der Waals surface area contributed by atoms with Crippen LogP contribution in [0, 0.1) is 35.8 Å². The molecule has 0 aliphatic heterocycles. The minimum atomic E-state index is -0.682. The van der Waals surface area contributed by atoms with E-state index >= 15 is 0 Å². The second-order valence-corrected chi connectivity index (χ2v) is 17.7. The molecule has 6 rings (SSSR count). The second-order valence-electron chi connectivity index (χ2n) is 16.5. The molecule has 0 saturated carbocycles. The van der Waals surface area contributed by atoms with E-state index in [0.717, 1.165) is 80.1 Å². The van der Waals surface area contributed by atoms with Gasteiger partial charge in [0.15, 0.2) is 23.1 Å². The van der Waals surface area contributed by atoms with Crippen LogP contribution in [0.15, 0.2) is 151 Å². The number of esters is 4. The predicted octanol–water partition coefficient (Wildman–Crippen LogP) is 13.7. The standard InChI is InChI=1S/C31H29FO6.C22H23BrClFO5.C9H8O/c1-3-30(33)37-21-7-5-4-6-20-36-27-17-13-25(14-18-27)31(34)38-29-19-12-24(22-28(29)32)9-8-23-10-15-26(35-2)16-11-23;23-17-7-10-20(19(25)15-17)30-22(27)16-5-8-18(9-6-16)28-13-3-1-2-4-14-29-21(26)11-12-24;1-3-8-4-6-9(10-2)7-5-8/h3,10-19,22H,1,4-7,20-21H2,2H3;5-10,15H,1-4,11-14H2;1,4-7H,2H3. The van der Waals surface area contributed by atoms with Crippen LogP contribution in [0.2, 0.25) is 0 Å². The molecule has 78 heavy (non-hydrogen) atoms. The number of hydrogen-bond acceptors (Lipinski definition) is 12. The molecule has 6 aromatic carbocycles. The number of unbranched alkanes of at least 4 members (excludes halogenated alkanes) is 6. The van der Waals surface area contributed by atoms with Gasteiger partial charge in [0.2, 0.25) is 0 Å². The molecule has 12 nitrogen and oxygen atoms in total. The fourth-order valence-corrected chi connectivity index (χ4v) is 6.97. The maximum Gasteiger partial charge on any atom is 0.343 e. The number of rotatable bonds is 25. The van der Waals surface area contributed by atoms with E-state index in [4.69, 9.17) is 55.9 Å². The van der Waals surface area contributed by atoms with Gasteiger partial charge in [0, 0.05) is 33.1 Å². The molecule has 0 saturated heterocycles. The smallest absolute Gasteiger partial charge is 0.343 e. The first-order chi connectivity index (χ1) is 37.8. The predicted molar refractivity (Wildman–Crippen MR) is 299 cm³/mol. The molecule has 0 radical (unpaired) electrons. The third-order valence-corrected chi connectivity index (χ3v) is 11.4. The van der Waals surface area contributed by atoms with E-state index < -0.39 is 29.5 Å². The first-order valence-corrected chi connectivity index (χ1v) is 26.1. The van der Waals surface area contributed by atoms with E-state index in [2.05, 4.69) is 40.3 Å². The lowest BCUT2D eigenvalue weighted by molar-refractivity contribution is -0.143. The zero-order chi connectivity index (χ0) is 56.3. The number of halogens is 4. The van der Waals surface area contributed by atoms with Crippen molar-refractivity contribution >= 4 is 51.4 Å². The molecule has 0 aliphatic carbocycles. The van der Waals surface area contributed by atoms with Crippen molar-refractivity contribution in [3.8, 4) is 58.7 Å². The van der Waals surface area contributed by atoms with Gasteiger partial charge in [-0.25, -0.2) is 23.2 Å². The van der Waals surface area contributed by atoms with Crippen LogP contribution in [0.1, 0.15) is 95.2 Å². The molecule has 0 fully saturated rings. The third kappa shape index (κ3) is 24.3. The average molecular weight is 1150 g/mol. The van der Waals surface area contributed by atoms with Crippen LogP contribution in [0.4, 0.5) is 8.78 Å². The Morgan fingerprint density at radius 1 is 0.551 bits per heavy atom. The van der Waals surface area contributed by atoms with Crippen LogP contribution < -0.4 is 28.4 Å². The lowest BCUT2D eigenvalue weighted by atomic mass is 10.1. The Morgan fingerprint density at radius 3 is 1.42 bits per heavy atom. The molecular formula is C62H60BrClF2O12. The van der Waals surface area contributed by atoms with Crippen LogP contribution in [0.25, 0.3) is 0 Å². The highest BCUT2D eigenvalue weighted by atomic mass is 79.9. The minimum Gasteiger partial charge on any atom is -0.497 e. The van der Waals surface area contributed by atoms with Crippen molar-refractivity contribution in [1.29, 1.82) is 0 Å². The zero-order valence-corrected chi connectivity index (χ0v) is 45.7. The van der Waals surface area contributed by atoms with Crippen LogP contribution >= 0.6 is 27.5 Å². The van der Waals surface area contributed by atoms with Gasteiger partial charge in [0.05, 0.1) is 58.2 Å². The number of benzene rings is 6. The van der Waals surface area contributed by atoms with Gasteiger partial charge >= 0.3 is 23.9 Å². The Hall–Kier alpha value is -8.11. The molecule has 0 aromatic heterocycles. The van der Waals surface area contributed by atoms with Crippen LogP contribution in [-0.2, 0) is 19.1 Å². The van der Waals surface area contributed by atoms with Crippen LogP contribution in [-0.4, -0.2) is 70.4 Å². The summed E-state index contributed by atoms with van der Waals surface area (Å²) in [7, 11) is 3.22. The molecule has 0 amide bonds. The minimum absolute atomic E-state index is 0.127. The summed E-state index contributed by atoms with van der Waals surface area (Å²) in [6.45, 7) is 5.21. The van der Waals surface area contributed by atoms with Gasteiger partial charge < -0.3 is 37.9 Å². The maximum absolute atomic E-state index is 14.5. The van der Waals surface area contributed by atoms with Gasteiger partial charge in [-0.1, -0.05) is 40.3 Å². The van der Waals surface area contributed by atoms with Gasteiger partial charge in [-0.15, -0.1) is 18.0 Å². The summed E-state index contributed by atoms with van der Waals surface area (Å²) in [5, 5.41) is 0. The highest BCUT2D eigenvalue weighted by molar-refractivity contribution is 9.10. The molecule has 408 valence electrons. The summed E-state index contributed by atoms with van der Waals surface area (Å²) < 4.78 is 70.5. The van der Waals surface area contributed by atoms with Crippen LogP contribution in [0.5, 0.6) is 34.5 Å². The second kappa shape index (κ2) is 36.0. The molecule has 0 heterocycles. The largest absolute Gasteiger partial charge is 0.497 e.